The van der Waals surface area contributed by atoms with Gasteiger partial charge in [-0.1, -0.05) is 11.6 Å². The smallest absolute Gasteiger partial charge is 0.322 e. The highest BCUT2D eigenvalue weighted by Crippen LogP contribution is 2.36. The first-order chi connectivity index (χ1) is 9.27. The van der Waals surface area contributed by atoms with E-state index < -0.39 is 22.7 Å². The number of aryl methyl sites for hydroxylation is 1. The van der Waals surface area contributed by atoms with Crippen LogP contribution in [-0.4, -0.2) is 15.7 Å². The highest BCUT2D eigenvalue weighted by atomic mass is 35.5. The Morgan fingerprint density at radius 2 is 2.10 bits per heavy atom. The van der Waals surface area contributed by atoms with Crippen molar-refractivity contribution < 1.29 is 18.0 Å². The Kier molecular flexibility index (Phi) is 3.71. The molecule has 1 heterocycles. The number of carbonyl (C=O) groups is 1. The summed E-state index contributed by atoms with van der Waals surface area (Å²) in [5.41, 5.74) is -0.741. The lowest BCUT2D eigenvalue weighted by Crippen LogP contribution is -2.13. The van der Waals surface area contributed by atoms with Crippen molar-refractivity contribution in [2.75, 3.05) is 5.32 Å². The van der Waals surface area contributed by atoms with Crippen molar-refractivity contribution in [2.24, 2.45) is 7.05 Å². The van der Waals surface area contributed by atoms with Gasteiger partial charge < -0.3 is 5.32 Å². The molecule has 1 N–H and O–H groups in total. The molecule has 0 fully saturated rings. The molecule has 0 atom stereocenters. The summed E-state index contributed by atoms with van der Waals surface area (Å²) in [5, 5.41) is 5.75. The fraction of sp³-hybridized carbons (Fsp3) is 0.167. The summed E-state index contributed by atoms with van der Waals surface area (Å²) < 4.78 is 39.5. The number of hydrogen-bond acceptors (Lipinski definition) is 2. The summed E-state index contributed by atoms with van der Waals surface area (Å²) in [6.07, 6.45) is -1.81. The maximum absolute atomic E-state index is 12.7. The Morgan fingerprint density at radius 1 is 1.40 bits per heavy atom. The van der Waals surface area contributed by atoms with Crippen LogP contribution < -0.4 is 5.32 Å². The Bertz CT molecular complexity index is 652. The number of nitrogens with zero attached hydrogens (tertiary/aromatic N) is 2. The number of hydrogen-bond donors (Lipinski definition) is 1. The van der Waals surface area contributed by atoms with Crippen LogP contribution >= 0.6 is 11.6 Å². The first-order valence-corrected chi connectivity index (χ1v) is 5.82. The number of nitrogens with one attached hydrogen (secondary N) is 1. The van der Waals surface area contributed by atoms with Gasteiger partial charge in [-0.25, -0.2) is 0 Å². The van der Waals surface area contributed by atoms with Gasteiger partial charge in [0.2, 0.25) is 0 Å². The van der Waals surface area contributed by atoms with E-state index in [1.54, 1.807) is 7.05 Å². The molecule has 20 heavy (non-hydrogen) atoms. The minimum atomic E-state index is -4.58. The van der Waals surface area contributed by atoms with Crippen molar-refractivity contribution in [3.63, 3.8) is 0 Å². The minimum Gasteiger partial charge on any atom is -0.322 e. The van der Waals surface area contributed by atoms with Crippen LogP contribution in [0.25, 0.3) is 0 Å². The largest absolute Gasteiger partial charge is 0.417 e. The standard InChI is InChI=1S/C12H9ClF3N3O/c1-19-6-7(5-17-19)11(20)18-8-2-3-10(13)9(4-8)12(14,15)16/h2-6H,1H3,(H,18,20). The monoisotopic (exact) mass is 303 g/mol. The Labute approximate surface area is 117 Å². The summed E-state index contributed by atoms with van der Waals surface area (Å²) in [6, 6.07) is 3.17. The topological polar surface area (TPSA) is 46.9 Å². The van der Waals surface area contributed by atoms with Gasteiger partial charge in [-0.3, -0.25) is 9.48 Å². The molecule has 0 spiro atoms. The van der Waals surface area contributed by atoms with E-state index in [0.29, 0.717) is 0 Å². The third-order valence-corrected chi connectivity index (χ3v) is 2.83. The maximum Gasteiger partial charge on any atom is 0.417 e. The van der Waals surface area contributed by atoms with Crippen LogP contribution in [0.1, 0.15) is 15.9 Å². The number of halogens is 4. The first-order valence-electron chi connectivity index (χ1n) is 5.44. The van der Waals surface area contributed by atoms with Crippen molar-refractivity contribution >= 4 is 23.2 Å². The van der Waals surface area contributed by atoms with E-state index in [-0.39, 0.29) is 11.3 Å². The lowest BCUT2D eigenvalue weighted by atomic mass is 10.2. The van der Waals surface area contributed by atoms with Crippen molar-refractivity contribution in [1.82, 2.24) is 9.78 Å². The van der Waals surface area contributed by atoms with Crippen molar-refractivity contribution in [1.29, 1.82) is 0 Å². The van der Waals surface area contributed by atoms with Gasteiger partial charge in [0.15, 0.2) is 0 Å². The predicted octanol–water partition coefficient (Wildman–Crippen LogP) is 3.34. The second-order valence-corrected chi connectivity index (χ2v) is 4.46. The highest BCUT2D eigenvalue weighted by molar-refractivity contribution is 6.31. The van der Waals surface area contributed by atoms with E-state index in [0.717, 1.165) is 12.1 Å². The third-order valence-electron chi connectivity index (χ3n) is 2.50. The number of benzene rings is 1. The van der Waals surface area contributed by atoms with E-state index in [4.69, 9.17) is 11.6 Å². The SMILES string of the molecule is Cn1cc(C(=O)Nc2ccc(Cl)c(C(F)(F)F)c2)cn1. The lowest BCUT2D eigenvalue weighted by Gasteiger charge is -2.11. The quantitative estimate of drug-likeness (QED) is 0.925. The van der Waals surface area contributed by atoms with Crippen LogP contribution in [-0.2, 0) is 13.2 Å². The van der Waals surface area contributed by atoms with E-state index >= 15 is 0 Å². The molecule has 1 aromatic heterocycles. The van der Waals surface area contributed by atoms with Crippen LogP contribution in [0.2, 0.25) is 5.02 Å². The molecular formula is C12H9ClF3N3O. The molecule has 0 aliphatic rings. The van der Waals surface area contributed by atoms with E-state index in [9.17, 15) is 18.0 Å². The van der Waals surface area contributed by atoms with Crippen molar-refractivity contribution in [3.8, 4) is 0 Å². The first kappa shape index (κ1) is 14.4. The van der Waals surface area contributed by atoms with Gasteiger partial charge in [-0.15, -0.1) is 0 Å². The Hall–Kier alpha value is -2.02. The summed E-state index contributed by atoms with van der Waals surface area (Å²) in [7, 11) is 1.63. The third kappa shape index (κ3) is 3.11. The molecule has 106 valence electrons. The van der Waals surface area contributed by atoms with Gasteiger partial charge in [0.1, 0.15) is 0 Å². The van der Waals surface area contributed by atoms with E-state index in [1.165, 1.54) is 23.1 Å². The van der Waals surface area contributed by atoms with E-state index in [1.807, 2.05) is 0 Å². The lowest BCUT2D eigenvalue weighted by molar-refractivity contribution is -0.137. The minimum absolute atomic E-state index is 0.00979. The molecule has 0 saturated carbocycles. The molecule has 0 saturated heterocycles. The van der Waals surface area contributed by atoms with Gasteiger partial charge in [0.05, 0.1) is 22.3 Å². The van der Waals surface area contributed by atoms with Gasteiger partial charge in [0.25, 0.3) is 5.91 Å². The molecule has 0 unspecified atom stereocenters. The molecule has 0 radical (unpaired) electrons. The summed E-state index contributed by atoms with van der Waals surface area (Å²) >= 11 is 5.49. The number of anilines is 1. The summed E-state index contributed by atoms with van der Waals surface area (Å²) in [5.74, 6) is -0.548. The molecule has 0 aliphatic carbocycles. The molecule has 0 aliphatic heterocycles. The molecule has 1 amide bonds. The zero-order chi connectivity index (χ0) is 14.9. The van der Waals surface area contributed by atoms with Crippen LogP contribution in [0, 0.1) is 0 Å². The Balaban J connectivity index is 2.24. The van der Waals surface area contributed by atoms with Crippen molar-refractivity contribution in [3.05, 3.63) is 46.7 Å². The fourth-order valence-electron chi connectivity index (χ4n) is 1.56. The predicted molar refractivity (Wildman–Crippen MR) is 67.6 cm³/mol. The normalized spacial score (nSPS) is 11.4. The zero-order valence-electron chi connectivity index (χ0n) is 10.2. The molecule has 2 aromatic rings. The number of carbonyl (C=O) groups excluding carboxylic acids is 1. The number of alkyl halides is 3. The molecule has 2 rings (SSSR count). The fourth-order valence-corrected chi connectivity index (χ4v) is 1.79. The van der Waals surface area contributed by atoms with Gasteiger partial charge >= 0.3 is 6.18 Å². The Morgan fingerprint density at radius 3 is 2.65 bits per heavy atom. The van der Waals surface area contributed by atoms with Gasteiger partial charge in [-0.05, 0) is 18.2 Å². The molecule has 0 bridgehead atoms. The van der Waals surface area contributed by atoms with Crippen molar-refractivity contribution in [2.45, 2.75) is 6.18 Å². The van der Waals surface area contributed by atoms with Crippen LogP contribution in [0.5, 0.6) is 0 Å². The average molecular weight is 304 g/mol. The van der Waals surface area contributed by atoms with E-state index in [2.05, 4.69) is 10.4 Å². The number of rotatable bonds is 2. The van der Waals surface area contributed by atoms with Crippen LogP contribution in [0.15, 0.2) is 30.6 Å². The van der Waals surface area contributed by atoms with Gasteiger partial charge in [-0.2, -0.15) is 18.3 Å². The van der Waals surface area contributed by atoms with Gasteiger partial charge in [0, 0.05) is 18.9 Å². The second kappa shape index (κ2) is 5.16. The molecule has 8 heteroatoms. The second-order valence-electron chi connectivity index (χ2n) is 4.05. The number of aromatic nitrogens is 2. The highest BCUT2D eigenvalue weighted by Gasteiger charge is 2.33. The summed E-state index contributed by atoms with van der Waals surface area (Å²) in [4.78, 5) is 11.8. The zero-order valence-corrected chi connectivity index (χ0v) is 11.0. The number of amides is 1. The molecule has 1 aromatic carbocycles. The molecular weight excluding hydrogens is 295 g/mol. The van der Waals surface area contributed by atoms with Crippen LogP contribution in [0.3, 0.4) is 0 Å². The maximum atomic E-state index is 12.7. The van der Waals surface area contributed by atoms with Crippen LogP contribution in [0.4, 0.5) is 18.9 Å². The summed E-state index contributed by atoms with van der Waals surface area (Å²) in [6.45, 7) is 0. The average Bonchev–Trinajstić information content (AvgIpc) is 2.77. The molecule has 4 nitrogen and oxygen atoms in total.